The average molecular weight is 242 g/mol. The van der Waals surface area contributed by atoms with Crippen molar-refractivity contribution in [2.45, 2.75) is 12.8 Å². The highest BCUT2D eigenvalue weighted by molar-refractivity contribution is 6.30. The van der Waals surface area contributed by atoms with E-state index in [4.69, 9.17) is 22.4 Å². The topological polar surface area (TPSA) is 80.4 Å². The van der Waals surface area contributed by atoms with Gasteiger partial charge in [0.2, 0.25) is 5.91 Å². The van der Waals surface area contributed by atoms with Crippen molar-refractivity contribution in [3.8, 4) is 0 Å². The van der Waals surface area contributed by atoms with Crippen molar-refractivity contribution in [1.82, 2.24) is 0 Å². The molecule has 0 unspecified atom stereocenters. The summed E-state index contributed by atoms with van der Waals surface area (Å²) in [5.41, 5.74) is 5.46. The summed E-state index contributed by atoms with van der Waals surface area (Å²) in [4.78, 5) is 20.3. The van der Waals surface area contributed by atoms with Crippen molar-refractivity contribution >= 4 is 23.5 Å². The molecule has 0 aliphatic heterocycles. The number of aliphatic carboxylic acids is 1. The molecule has 4 nitrogen and oxygen atoms in total. The number of primary amides is 1. The second-order valence-electron chi connectivity index (χ2n) is 3.48. The molecule has 5 heteroatoms. The molecule has 0 spiro atoms. The zero-order chi connectivity index (χ0) is 12.1. The summed E-state index contributed by atoms with van der Waals surface area (Å²) in [6.45, 7) is 0. The fourth-order valence-corrected chi connectivity index (χ4v) is 1.07. The predicted molar refractivity (Wildman–Crippen MR) is 60.3 cm³/mol. The van der Waals surface area contributed by atoms with E-state index in [9.17, 15) is 9.59 Å². The number of carbonyl (C=O) groups is 2. The Labute approximate surface area is 98.0 Å². The van der Waals surface area contributed by atoms with E-state index < -0.39 is 11.9 Å². The fourth-order valence-electron chi connectivity index (χ4n) is 0.944. The van der Waals surface area contributed by atoms with E-state index >= 15 is 0 Å². The average Bonchev–Trinajstić information content (AvgIpc) is 3.02. The number of carboxylic acids is 1. The molecule has 1 amide bonds. The van der Waals surface area contributed by atoms with Crippen LogP contribution in [0.5, 0.6) is 0 Å². The number of hydrogen-bond donors (Lipinski definition) is 2. The van der Waals surface area contributed by atoms with Gasteiger partial charge in [-0.25, -0.2) is 0 Å². The van der Waals surface area contributed by atoms with E-state index in [-0.39, 0.29) is 5.92 Å². The highest BCUT2D eigenvalue weighted by Gasteiger charge is 2.28. The molecule has 0 saturated heterocycles. The Morgan fingerprint density at radius 2 is 1.75 bits per heavy atom. The first-order valence-electron chi connectivity index (χ1n) is 4.79. The van der Waals surface area contributed by atoms with Gasteiger partial charge in [0, 0.05) is 10.6 Å². The Kier molecular flexibility index (Phi) is 4.31. The van der Waals surface area contributed by atoms with Gasteiger partial charge >= 0.3 is 5.97 Å². The summed E-state index contributed by atoms with van der Waals surface area (Å²) in [7, 11) is 0. The minimum atomic E-state index is -0.630. The monoisotopic (exact) mass is 241 g/mol. The molecule has 1 fully saturated rings. The van der Waals surface area contributed by atoms with Gasteiger partial charge in [-0.1, -0.05) is 11.6 Å². The molecule has 1 saturated carbocycles. The number of carbonyl (C=O) groups excluding carboxylic acids is 1. The van der Waals surface area contributed by atoms with Crippen LogP contribution in [0.2, 0.25) is 5.02 Å². The number of amides is 1. The molecule has 3 N–H and O–H groups in total. The van der Waals surface area contributed by atoms with Crippen LogP contribution < -0.4 is 5.73 Å². The number of rotatable bonds is 2. The molecule has 86 valence electrons. The van der Waals surface area contributed by atoms with E-state index in [1.807, 2.05) is 0 Å². The van der Waals surface area contributed by atoms with E-state index in [2.05, 4.69) is 0 Å². The molecule has 16 heavy (non-hydrogen) atoms. The standard InChI is InChI=1S/C7H6ClNO.C4H6O2/c8-6-3-1-5(2-4-6)7(9)10;5-4(6)3-1-2-3/h1-4H,(H2,9,10);3H,1-2H2,(H,5,6). The van der Waals surface area contributed by atoms with Gasteiger partial charge in [-0.3, -0.25) is 9.59 Å². The summed E-state index contributed by atoms with van der Waals surface area (Å²) >= 11 is 5.56. The summed E-state index contributed by atoms with van der Waals surface area (Å²) in [5, 5.41) is 8.66. The fraction of sp³-hybridized carbons (Fsp3) is 0.273. The summed E-state index contributed by atoms with van der Waals surface area (Å²) in [5.74, 6) is -1.04. The molecule has 0 aromatic heterocycles. The third-order valence-corrected chi connectivity index (χ3v) is 2.31. The highest BCUT2D eigenvalue weighted by atomic mass is 35.5. The lowest BCUT2D eigenvalue weighted by Crippen LogP contribution is -2.10. The van der Waals surface area contributed by atoms with Crippen LogP contribution in [0.4, 0.5) is 0 Å². The van der Waals surface area contributed by atoms with Gasteiger partial charge in [-0.15, -0.1) is 0 Å². The molecule has 1 aromatic rings. The van der Waals surface area contributed by atoms with Gasteiger partial charge in [0.15, 0.2) is 0 Å². The lowest BCUT2D eigenvalue weighted by atomic mass is 10.2. The minimum absolute atomic E-state index is 0.0185. The highest BCUT2D eigenvalue weighted by Crippen LogP contribution is 2.28. The van der Waals surface area contributed by atoms with Crippen LogP contribution in [0.3, 0.4) is 0 Å². The Morgan fingerprint density at radius 1 is 1.25 bits per heavy atom. The maximum atomic E-state index is 10.5. The van der Waals surface area contributed by atoms with Crippen molar-refractivity contribution in [3.05, 3.63) is 34.9 Å². The van der Waals surface area contributed by atoms with Gasteiger partial charge < -0.3 is 10.8 Å². The maximum Gasteiger partial charge on any atom is 0.306 e. The van der Waals surface area contributed by atoms with E-state index in [1.165, 1.54) is 0 Å². The van der Waals surface area contributed by atoms with E-state index in [0.717, 1.165) is 12.8 Å². The van der Waals surface area contributed by atoms with Gasteiger partial charge in [0.05, 0.1) is 5.92 Å². The van der Waals surface area contributed by atoms with Crippen molar-refractivity contribution < 1.29 is 14.7 Å². The molecule has 0 heterocycles. The number of hydrogen-bond acceptors (Lipinski definition) is 2. The third-order valence-electron chi connectivity index (χ3n) is 2.06. The van der Waals surface area contributed by atoms with Crippen LogP contribution in [0, 0.1) is 5.92 Å². The Bertz CT molecular complexity index is 385. The second-order valence-corrected chi connectivity index (χ2v) is 3.92. The first kappa shape index (κ1) is 12.5. The Balaban J connectivity index is 0.000000181. The maximum absolute atomic E-state index is 10.5. The minimum Gasteiger partial charge on any atom is -0.481 e. The van der Waals surface area contributed by atoms with E-state index in [1.54, 1.807) is 24.3 Å². The molecular weight excluding hydrogens is 230 g/mol. The van der Waals surface area contributed by atoms with Crippen LogP contribution in [0.1, 0.15) is 23.2 Å². The number of halogens is 1. The van der Waals surface area contributed by atoms with Crippen molar-refractivity contribution in [1.29, 1.82) is 0 Å². The van der Waals surface area contributed by atoms with Crippen LogP contribution >= 0.6 is 11.6 Å². The molecule has 0 bridgehead atoms. The first-order chi connectivity index (χ1) is 7.50. The Morgan fingerprint density at radius 3 is 2.00 bits per heavy atom. The summed E-state index contributed by atoms with van der Waals surface area (Å²) in [6, 6.07) is 6.43. The quantitative estimate of drug-likeness (QED) is 0.830. The zero-order valence-electron chi connectivity index (χ0n) is 8.52. The van der Waals surface area contributed by atoms with Crippen LogP contribution in [0.15, 0.2) is 24.3 Å². The van der Waals surface area contributed by atoms with Gasteiger partial charge in [-0.2, -0.15) is 0 Å². The SMILES string of the molecule is NC(=O)c1ccc(Cl)cc1.O=C(O)C1CC1. The zero-order valence-corrected chi connectivity index (χ0v) is 9.28. The normalized spacial score (nSPS) is 13.6. The third kappa shape index (κ3) is 4.31. The second kappa shape index (κ2) is 5.51. The van der Waals surface area contributed by atoms with Gasteiger partial charge in [0.25, 0.3) is 0 Å². The van der Waals surface area contributed by atoms with E-state index in [0.29, 0.717) is 10.6 Å². The van der Waals surface area contributed by atoms with Gasteiger partial charge in [-0.05, 0) is 37.1 Å². The van der Waals surface area contributed by atoms with Crippen LogP contribution in [-0.4, -0.2) is 17.0 Å². The molecule has 0 atom stereocenters. The molecule has 1 aliphatic rings. The summed E-state index contributed by atoms with van der Waals surface area (Å²) < 4.78 is 0. The smallest absolute Gasteiger partial charge is 0.306 e. The number of carboxylic acid groups (broad SMARTS) is 1. The molecule has 2 rings (SSSR count). The largest absolute Gasteiger partial charge is 0.481 e. The lowest BCUT2D eigenvalue weighted by molar-refractivity contribution is -0.138. The van der Waals surface area contributed by atoms with Crippen LogP contribution in [-0.2, 0) is 4.79 Å². The molecule has 1 aromatic carbocycles. The van der Waals surface area contributed by atoms with Crippen molar-refractivity contribution in [2.75, 3.05) is 0 Å². The molecular formula is C11H12ClNO3. The van der Waals surface area contributed by atoms with Crippen molar-refractivity contribution in [2.24, 2.45) is 11.7 Å². The first-order valence-corrected chi connectivity index (χ1v) is 5.16. The van der Waals surface area contributed by atoms with Gasteiger partial charge in [0.1, 0.15) is 0 Å². The summed E-state index contributed by atoms with van der Waals surface area (Å²) in [6.07, 6.45) is 1.80. The van der Waals surface area contributed by atoms with Crippen LogP contribution in [0.25, 0.3) is 0 Å². The predicted octanol–water partition coefficient (Wildman–Crippen LogP) is 1.92. The molecule has 1 aliphatic carbocycles. The Hall–Kier alpha value is -1.55. The molecule has 0 radical (unpaired) electrons. The number of benzene rings is 1. The van der Waals surface area contributed by atoms with Crippen molar-refractivity contribution in [3.63, 3.8) is 0 Å². The lowest BCUT2D eigenvalue weighted by Gasteiger charge is -1.92. The number of nitrogens with two attached hydrogens (primary N) is 1.